The maximum Gasteiger partial charge on any atom is 0.336 e. The number of carbonyl (C=O) groups excluding carboxylic acids is 1. The van der Waals surface area contributed by atoms with Gasteiger partial charge >= 0.3 is 17.9 Å². The fourth-order valence-electron chi connectivity index (χ4n) is 1.26. The van der Waals surface area contributed by atoms with Gasteiger partial charge in [-0.05, 0) is 13.6 Å². The minimum absolute atomic E-state index is 0.298. The van der Waals surface area contributed by atoms with E-state index in [-0.39, 0.29) is 0 Å². The van der Waals surface area contributed by atoms with Crippen molar-refractivity contribution in [3.8, 4) is 0 Å². The molecule has 0 spiro atoms. The van der Waals surface area contributed by atoms with Gasteiger partial charge < -0.3 is 25.4 Å². The highest BCUT2D eigenvalue weighted by molar-refractivity contribution is 5.88. The van der Waals surface area contributed by atoms with E-state index in [1.807, 2.05) is 0 Å². The van der Waals surface area contributed by atoms with Crippen molar-refractivity contribution in [2.24, 2.45) is 5.73 Å². The zero-order valence-corrected chi connectivity index (χ0v) is 10.5. The molecule has 0 aliphatic rings. The quantitative estimate of drug-likeness (QED) is 0.240. The van der Waals surface area contributed by atoms with Gasteiger partial charge in [-0.2, -0.15) is 0 Å². The molecule has 19 heavy (non-hydrogen) atoms. The molecular formula is C10H18N2O7. The summed E-state index contributed by atoms with van der Waals surface area (Å²) in [6, 6.07) is 0. The maximum absolute atomic E-state index is 11.4. The summed E-state index contributed by atoms with van der Waals surface area (Å²) < 4.78 is 4.66. The van der Waals surface area contributed by atoms with Crippen molar-refractivity contribution in [1.82, 2.24) is 5.32 Å². The third kappa shape index (κ3) is 6.70. The third-order valence-corrected chi connectivity index (χ3v) is 2.24. The van der Waals surface area contributed by atoms with Crippen LogP contribution in [0.15, 0.2) is 0 Å². The Balaban J connectivity index is 4.48. The minimum atomic E-state index is -2.70. The number of hydrogen-bond acceptors (Lipinski definition) is 7. The summed E-state index contributed by atoms with van der Waals surface area (Å²) in [7, 11) is 1.67. The first-order chi connectivity index (χ1) is 8.71. The predicted octanol–water partition coefficient (Wildman–Crippen LogP) is -1.90. The second kappa shape index (κ2) is 7.67. The van der Waals surface area contributed by atoms with E-state index in [1.165, 1.54) is 0 Å². The summed E-state index contributed by atoms with van der Waals surface area (Å²) in [6.45, 7) is 0.479. The minimum Gasteiger partial charge on any atom is -0.481 e. The molecule has 9 nitrogen and oxygen atoms in total. The SMILES string of the molecule is CNCCC(N)OC(=O)CC(O)(CC(=O)O)C(=O)O. The topological polar surface area (TPSA) is 159 Å². The fourth-order valence-corrected chi connectivity index (χ4v) is 1.26. The summed E-state index contributed by atoms with van der Waals surface area (Å²) in [4.78, 5) is 32.6. The lowest BCUT2D eigenvalue weighted by Crippen LogP contribution is -2.44. The molecule has 110 valence electrons. The van der Waals surface area contributed by atoms with Crippen LogP contribution in [0.1, 0.15) is 19.3 Å². The number of aliphatic hydroxyl groups is 1. The fraction of sp³-hybridized carbons (Fsp3) is 0.700. The van der Waals surface area contributed by atoms with Crippen LogP contribution in [0.4, 0.5) is 0 Å². The van der Waals surface area contributed by atoms with E-state index in [0.29, 0.717) is 13.0 Å². The van der Waals surface area contributed by atoms with Gasteiger partial charge in [-0.3, -0.25) is 15.3 Å². The molecule has 0 radical (unpaired) electrons. The molecule has 0 aliphatic carbocycles. The molecule has 0 aromatic rings. The van der Waals surface area contributed by atoms with Gasteiger partial charge in [0, 0.05) is 6.42 Å². The number of carboxylic acid groups (broad SMARTS) is 2. The molecule has 0 aromatic heterocycles. The van der Waals surface area contributed by atoms with Gasteiger partial charge in [0.15, 0.2) is 11.8 Å². The molecule has 6 N–H and O–H groups in total. The van der Waals surface area contributed by atoms with E-state index in [0.717, 1.165) is 0 Å². The van der Waals surface area contributed by atoms with Crippen LogP contribution in [0.5, 0.6) is 0 Å². The lowest BCUT2D eigenvalue weighted by molar-refractivity contribution is -0.173. The normalized spacial score (nSPS) is 15.3. The average molecular weight is 278 g/mol. The highest BCUT2D eigenvalue weighted by atomic mass is 16.6. The zero-order valence-electron chi connectivity index (χ0n) is 10.5. The standard InChI is InChI=1S/C10H18N2O7/c1-12-3-2-6(11)19-8(15)5-10(18,9(16)17)4-7(13)14/h6,12,18H,2-5,11H2,1H3,(H,13,14)(H,16,17). The number of carboxylic acids is 2. The molecule has 0 amide bonds. The van der Waals surface area contributed by atoms with Crippen molar-refractivity contribution < 1.29 is 34.4 Å². The molecule has 2 atom stereocenters. The van der Waals surface area contributed by atoms with Gasteiger partial charge in [0.05, 0.1) is 12.8 Å². The Bertz CT molecular complexity index is 347. The molecule has 0 saturated carbocycles. The van der Waals surface area contributed by atoms with E-state index < -0.39 is 42.6 Å². The van der Waals surface area contributed by atoms with Crippen molar-refractivity contribution in [2.45, 2.75) is 31.1 Å². The number of rotatable bonds is 9. The molecule has 0 aromatic carbocycles. The second-order valence-corrected chi connectivity index (χ2v) is 4.00. The highest BCUT2D eigenvalue weighted by Gasteiger charge is 2.41. The highest BCUT2D eigenvalue weighted by Crippen LogP contribution is 2.17. The lowest BCUT2D eigenvalue weighted by atomic mass is 9.96. The molecule has 9 heteroatoms. The Hall–Kier alpha value is -1.71. The summed E-state index contributed by atoms with van der Waals surface area (Å²) in [5, 5.41) is 29.6. The number of nitrogens with two attached hydrogens (primary N) is 1. The van der Waals surface area contributed by atoms with Crippen LogP contribution in [0.2, 0.25) is 0 Å². The Labute approximate surface area is 109 Å². The molecule has 2 unspecified atom stereocenters. The number of nitrogens with one attached hydrogen (secondary N) is 1. The van der Waals surface area contributed by atoms with Crippen molar-refractivity contribution in [3.63, 3.8) is 0 Å². The van der Waals surface area contributed by atoms with Crippen molar-refractivity contribution in [3.05, 3.63) is 0 Å². The van der Waals surface area contributed by atoms with Crippen LogP contribution in [0.25, 0.3) is 0 Å². The van der Waals surface area contributed by atoms with Gasteiger partial charge in [-0.25, -0.2) is 4.79 Å². The van der Waals surface area contributed by atoms with Gasteiger partial charge in [-0.15, -0.1) is 0 Å². The van der Waals surface area contributed by atoms with E-state index in [1.54, 1.807) is 7.05 Å². The Morgan fingerprint density at radius 3 is 2.32 bits per heavy atom. The van der Waals surface area contributed by atoms with Gasteiger partial charge in [0.1, 0.15) is 0 Å². The summed E-state index contributed by atoms with van der Waals surface area (Å²) >= 11 is 0. The van der Waals surface area contributed by atoms with E-state index in [9.17, 15) is 19.5 Å². The molecule has 0 heterocycles. The first-order valence-electron chi connectivity index (χ1n) is 5.48. The number of aliphatic carboxylic acids is 2. The number of carbonyl (C=O) groups is 3. The summed E-state index contributed by atoms with van der Waals surface area (Å²) in [6.07, 6.45) is -2.75. The Morgan fingerprint density at radius 1 is 1.32 bits per heavy atom. The second-order valence-electron chi connectivity index (χ2n) is 4.00. The number of esters is 1. The van der Waals surface area contributed by atoms with Crippen molar-refractivity contribution in [2.75, 3.05) is 13.6 Å². The van der Waals surface area contributed by atoms with Crippen LogP contribution in [-0.2, 0) is 19.1 Å². The number of hydrogen-bond donors (Lipinski definition) is 5. The smallest absolute Gasteiger partial charge is 0.336 e. The van der Waals surface area contributed by atoms with Crippen molar-refractivity contribution >= 4 is 17.9 Å². The monoisotopic (exact) mass is 278 g/mol. The van der Waals surface area contributed by atoms with Gasteiger partial charge in [0.2, 0.25) is 0 Å². The Morgan fingerprint density at radius 2 is 1.89 bits per heavy atom. The molecule has 0 saturated heterocycles. The van der Waals surface area contributed by atoms with Crippen LogP contribution >= 0.6 is 0 Å². The predicted molar refractivity (Wildman–Crippen MR) is 62.1 cm³/mol. The van der Waals surface area contributed by atoms with E-state index >= 15 is 0 Å². The van der Waals surface area contributed by atoms with Crippen LogP contribution in [0, 0.1) is 0 Å². The van der Waals surface area contributed by atoms with Crippen LogP contribution in [-0.4, -0.2) is 58.6 Å². The van der Waals surface area contributed by atoms with Gasteiger partial charge in [-0.1, -0.05) is 0 Å². The molecule has 0 bridgehead atoms. The van der Waals surface area contributed by atoms with Gasteiger partial charge in [0.25, 0.3) is 0 Å². The summed E-state index contributed by atoms with van der Waals surface area (Å²) in [5.41, 5.74) is 2.73. The Kier molecular flexibility index (Phi) is 6.98. The average Bonchev–Trinajstić information content (AvgIpc) is 2.24. The molecule has 0 aliphatic heterocycles. The zero-order chi connectivity index (χ0) is 15.1. The maximum atomic E-state index is 11.4. The molecular weight excluding hydrogens is 260 g/mol. The van der Waals surface area contributed by atoms with Crippen molar-refractivity contribution in [1.29, 1.82) is 0 Å². The first-order valence-corrected chi connectivity index (χ1v) is 5.48. The summed E-state index contributed by atoms with van der Waals surface area (Å²) in [5.74, 6) is -4.43. The largest absolute Gasteiger partial charge is 0.481 e. The molecule has 0 fully saturated rings. The third-order valence-electron chi connectivity index (χ3n) is 2.24. The van der Waals surface area contributed by atoms with E-state index in [2.05, 4.69) is 10.1 Å². The number of ether oxygens (including phenoxy) is 1. The molecule has 0 rings (SSSR count). The van der Waals surface area contributed by atoms with E-state index in [4.69, 9.17) is 15.9 Å². The first kappa shape index (κ1) is 17.3. The van der Waals surface area contributed by atoms with Crippen LogP contribution < -0.4 is 11.1 Å². The lowest BCUT2D eigenvalue weighted by Gasteiger charge is -2.21. The van der Waals surface area contributed by atoms with Crippen LogP contribution in [0.3, 0.4) is 0 Å².